The molecule has 0 bridgehead atoms. The van der Waals surface area contributed by atoms with Gasteiger partial charge in [0, 0.05) is 16.3 Å². The first-order valence-corrected chi connectivity index (χ1v) is 11.2. The van der Waals surface area contributed by atoms with Gasteiger partial charge in [0.2, 0.25) is 5.91 Å². The van der Waals surface area contributed by atoms with Crippen molar-refractivity contribution in [2.75, 3.05) is 17.2 Å². The minimum Gasteiger partial charge on any atom is -0.484 e. The summed E-state index contributed by atoms with van der Waals surface area (Å²) in [5.41, 5.74) is 1.04. The Morgan fingerprint density at radius 1 is 1.00 bits per heavy atom. The number of halogens is 2. The zero-order valence-electron chi connectivity index (χ0n) is 17.3. The molecule has 5 nitrogen and oxygen atoms in total. The molecule has 0 saturated carbocycles. The highest BCUT2D eigenvalue weighted by Crippen LogP contribution is 2.29. The Balaban J connectivity index is 1.57. The molecule has 0 aromatic heterocycles. The standard InChI is InChI=1S/C24H22ClFN2O3S/c1-2-22(24(30)28-17-11-12-21(26)20(25)14-17)32-19-10-6-7-16(13-19)27-23(29)15-31-18-8-4-3-5-9-18/h3-14,22H,2,15H2,1H3,(H,27,29)(H,28,30). The van der Waals surface area contributed by atoms with Crippen LogP contribution in [0.2, 0.25) is 5.02 Å². The topological polar surface area (TPSA) is 67.4 Å². The highest BCUT2D eigenvalue weighted by molar-refractivity contribution is 8.00. The zero-order chi connectivity index (χ0) is 22.9. The minimum absolute atomic E-state index is 0.0526. The van der Waals surface area contributed by atoms with Crippen LogP contribution in [0.15, 0.2) is 77.7 Å². The van der Waals surface area contributed by atoms with Crippen LogP contribution in [-0.2, 0) is 9.59 Å². The molecule has 0 heterocycles. The van der Waals surface area contributed by atoms with Crippen LogP contribution < -0.4 is 15.4 Å². The summed E-state index contributed by atoms with van der Waals surface area (Å²) in [5, 5.41) is 5.12. The molecule has 0 aliphatic heterocycles. The van der Waals surface area contributed by atoms with Crippen LogP contribution >= 0.6 is 23.4 Å². The fraction of sp³-hybridized carbons (Fsp3) is 0.167. The van der Waals surface area contributed by atoms with E-state index in [9.17, 15) is 14.0 Å². The number of nitrogens with one attached hydrogen (secondary N) is 2. The average Bonchev–Trinajstić information content (AvgIpc) is 2.79. The van der Waals surface area contributed by atoms with Gasteiger partial charge in [-0.15, -0.1) is 11.8 Å². The fourth-order valence-corrected chi connectivity index (χ4v) is 3.99. The second-order valence-electron chi connectivity index (χ2n) is 6.81. The van der Waals surface area contributed by atoms with E-state index in [1.54, 1.807) is 30.3 Å². The van der Waals surface area contributed by atoms with Crippen molar-refractivity contribution in [1.82, 2.24) is 0 Å². The molecule has 0 radical (unpaired) electrons. The Morgan fingerprint density at radius 3 is 2.47 bits per heavy atom. The monoisotopic (exact) mass is 472 g/mol. The van der Waals surface area contributed by atoms with Crippen molar-refractivity contribution in [3.05, 3.63) is 83.6 Å². The molecule has 166 valence electrons. The molecule has 1 atom stereocenters. The molecule has 0 fully saturated rings. The van der Waals surface area contributed by atoms with E-state index in [0.29, 0.717) is 23.5 Å². The van der Waals surface area contributed by atoms with Gasteiger partial charge in [0.1, 0.15) is 11.6 Å². The van der Waals surface area contributed by atoms with E-state index in [2.05, 4.69) is 10.6 Å². The number of thioether (sulfide) groups is 1. The molecule has 0 aliphatic carbocycles. The Labute approximate surface area is 195 Å². The van der Waals surface area contributed by atoms with E-state index < -0.39 is 5.82 Å². The summed E-state index contributed by atoms with van der Waals surface area (Å²) in [7, 11) is 0. The quantitative estimate of drug-likeness (QED) is 0.374. The van der Waals surface area contributed by atoms with Gasteiger partial charge in [-0.05, 0) is 55.0 Å². The van der Waals surface area contributed by atoms with Crippen molar-refractivity contribution in [2.45, 2.75) is 23.5 Å². The third-order valence-corrected chi connectivity index (χ3v) is 6.01. The summed E-state index contributed by atoms with van der Waals surface area (Å²) in [6.45, 7) is 1.79. The molecular weight excluding hydrogens is 451 g/mol. The first-order chi connectivity index (χ1) is 15.4. The van der Waals surface area contributed by atoms with Crippen LogP contribution in [0.1, 0.15) is 13.3 Å². The Kier molecular flexibility index (Phi) is 8.53. The van der Waals surface area contributed by atoms with Crippen LogP contribution in [0.4, 0.5) is 15.8 Å². The lowest BCUT2D eigenvalue weighted by atomic mass is 10.2. The highest BCUT2D eigenvalue weighted by atomic mass is 35.5. The van der Waals surface area contributed by atoms with E-state index in [0.717, 1.165) is 4.90 Å². The van der Waals surface area contributed by atoms with Crippen molar-refractivity contribution in [3.63, 3.8) is 0 Å². The first kappa shape index (κ1) is 23.6. The number of amides is 2. The molecule has 0 aliphatic rings. The summed E-state index contributed by atoms with van der Waals surface area (Å²) in [4.78, 5) is 25.7. The average molecular weight is 473 g/mol. The Hall–Kier alpha value is -3.03. The SMILES string of the molecule is CCC(Sc1cccc(NC(=O)COc2ccccc2)c1)C(=O)Nc1ccc(F)c(Cl)c1. The molecule has 0 saturated heterocycles. The lowest BCUT2D eigenvalue weighted by Gasteiger charge is -2.16. The molecule has 2 N–H and O–H groups in total. The van der Waals surface area contributed by atoms with Gasteiger partial charge in [-0.2, -0.15) is 0 Å². The molecule has 1 unspecified atom stereocenters. The Bertz CT molecular complexity index is 1080. The van der Waals surface area contributed by atoms with Gasteiger partial charge >= 0.3 is 0 Å². The maximum absolute atomic E-state index is 13.3. The molecule has 3 aromatic rings. The summed E-state index contributed by atoms with van der Waals surface area (Å²) in [6.07, 6.45) is 0.576. The number of para-hydroxylation sites is 1. The third kappa shape index (κ3) is 7.00. The number of carbonyl (C=O) groups is 2. The highest BCUT2D eigenvalue weighted by Gasteiger charge is 2.19. The number of rotatable bonds is 9. The summed E-state index contributed by atoms with van der Waals surface area (Å²) in [6, 6.07) is 20.4. The van der Waals surface area contributed by atoms with Gasteiger partial charge in [-0.1, -0.05) is 42.8 Å². The zero-order valence-corrected chi connectivity index (χ0v) is 18.9. The maximum Gasteiger partial charge on any atom is 0.262 e. The number of ether oxygens (including phenoxy) is 1. The van der Waals surface area contributed by atoms with Crippen LogP contribution in [-0.4, -0.2) is 23.7 Å². The van der Waals surface area contributed by atoms with Gasteiger partial charge in [0.25, 0.3) is 5.91 Å². The van der Waals surface area contributed by atoms with Gasteiger partial charge < -0.3 is 15.4 Å². The van der Waals surface area contributed by atoms with E-state index in [-0.39, 0.29) is 28.7 Å². The number of hydrogen-bond acceptors (Lipinski definition) is 4. The molecule has 32 heavy (non-hydrogen) atoms. The normalized spacial score (nSPS) is 11.5. The summed E-state index contributed by atoms with van der Waals surface area (Å²) >= 11 is 7.15. The second-order valence-corrected chi connectivity index (χ2v) is 8.49. The van der Waals surface area contributed by atoms with Gasteiger partial charge in [-0.25, -0.2) is 4.39 Å². The molecular formula is C24H22ClFN2O3S. The van der Waals surface area contributed by atoms with Gasteiger partial charge in [0.15, 0.2) is 6.61 Å². The van der Waals surface area contributed by atoms with Crippen LogP contribution in [0.25, 0.3) is 0 Å². The lowest BCUT2D eigenvalue weighted by Crippen LogP contribution is -2.24. The second kappa shape index (κ2) is 11.5. The Morgan fingerprint density at radius 2 is 1.75 bits per heavy atom. The van der Waals surface area contributed by atoms with E-state index >= 15 is 0 Å². The van der Waals surface area contributed by atoms with Crippen molar-refractivity contribution in [3.8, 4) is 5.75 Å². The fourth-order valence-electron chi connectivity index (χ4n) is 2.79. The van der Waals surface area contributed by atoms with Crippen LogP contribution in [0, 0.1) is 5.82 Å². The predicted octanol–water partition coefficient (Wildman–Crippen LogP) is 6.01. The number of anilines is 2. The van der Waals surface area contributed by atoms with Crippen molar-refractivity contribution in [2.24, 2.45) is 0 Å². The van der Waals surface area contributed by atoms with E-state index in [4.69, 9.17) is 16.3 Å². The van der Waals surface area contributed by atoms with Gasteiger partial charge in [-0.3, -0.25) is 9.59 Å². The van der Waals surface area contributed by atoms with Crippen LogP contribution in [0.5, 0.6) is 5.75 Å². The number of carbonyl (C=O) groups excluding carboxylic acids is 2. The summed E-state index contributed by atoms with van der Waals surface area (Å²) in [5.74, 6) is -0.426. The smallest absolute Gasteiger partial charge is 0.262 e. The summed E-state index contributed by atoms with van der Waals surface area (Å²) < 4.78 is 18.8. The van der Waals surface area contributed by atoms with E-state index in [1.807, 2.05) is 31.2 Å². The lowest BCUT2D eigenvalue weighted by molar-refractivity contribution is -0.118. The van der Waals surface area contributed by atoms with E-state index in [1.165, 1.54) is 30.0 Å². The molecule has 3 aromatic carbocycles. The molecule has 8 heteroatoms. The largest absolute Gasteiger partial charge is 0.484 e. The number of hydrogen-bond donors (Lipinski definition) is 2. The van der Waals surface area contributed by atoms with Crippen molar-refractivity contribution >= 4 is 46.6 Å². The third-order valence-electron chi connectivity index (χ3n) is 4.36. The minimum atomic E-state index is -0.542. The van der Waals surface area contributed by atoms with Crippen molar-refractivity contribution < 1.29 is 18.7 Å². The van der Waals surface area contributed by atoms with Crippen molar-refractivity contribution in [1.29, 1.82) is 0 Å². The van der Waals surface area contributed by atoms with Crippen LogP contribution in [0.3, 0.4) is 0 Å². The first-order valence-electron chi connectivity index (χ1n) is 9.95. The predicted molar refractivity (Wildman–Crippen MR) is 127 cm³/mol. The van der Waals surface area contributed by atoms with Gasteiger partial charge in [0.05, 0.1) is 10.3 Å². The molecule has 3 rings (SSSR count). The molecule has 0 spiro atoms. The number of benzene rings is 3. The maximum atomic E-state index is 13.3. The molecule has 2 amide bonds.